The van der Waals surface area contributed by atoms with Crippen LogP contribution in [0, 0.1) is 0 Å². The lowest BCUT2D eigenvalue weighted by molar-refractivity contribution is -0.154. The monoisotopic (exact) mass is 545 g/mol. The van der Waals surface area contributed by atoms with E-state index in [0.29, 0.717) is 22.9 Å². The Morgan fingerprint density at radius 2 is 1.82 bits per heavy atom. The number of hydrogen-bond acceptors (Lipinski definition) is 7. The molecule has 0 aliphatic carbocycles. The number of carbonyl (C=O) groups excluding carboxylic acids is 1. The molecular weight excluding hydrogens is 527 g/mol. The van der Waals surface area contributed by atoms with Crippen molar-refractivity contribution in [2.24, 2.45) is 0 Å². The number of ether oxygens (including phenoxy) is 3. The van der Waals surface area contributed by atoms with Gasteiger partial charge in [0.15, 0.2) is 0 Å². The second-order valence-electron chi connectivity index (χ2n) is 8.48. The smallest absolute Gasteiger partial charge is 0.453 e. The Bertz CT molecular complexity index is 1580. The van der Waals surface area contributed by atoms with Gasteiger partial charge >= 0.3 is 12.1 Å². The fourth-order valence-electron chi connectivity index (χ4n) is 4.14. The molecule has 0 fully saturated rings. The standard InChI is InChI=1S/C27H19ClF3NO6/c1-35-26(34)15-6-8-17(9-7-15)37-24-22(33)18-10-11-21-19(23(18)38-25(24)27(29,30)31)13-32(14-36-21)12-16-4-2-3-5-20(16)28/h2-11H,12-14H2,1H3. The highest BCUT2D eigenvalue weighted by Gasteiger charge is 2.41. The summed E-state index contributed by atoms with van der Waals surface area (Å²) in [5, 5.41) is 0.449. The highest BCUT2D eigenvalue weighted by Crippen LogP contribution is 2.41. The van der Waals surface area contributed by atoms with Crippen molar-refractivity contribution < 1.29 is 36.6 Å². The molecule has 0 spiro atoms. The van der Waals surface area contributed by atoms with Gasteiger partial charge in [-0.2, -0.15) is 13.2 Å². The summed E-state index contributed by atoms with van der Waals surface area (Å²) in [6.07, 6.45) is -5.04. The van der Waals surface area contributed by atoms with Crippen LogP contribution in [0.1, 0.15) is 27.2 Å². The van der Waals surface area contributed by atoms with E-state index in [4.69, 9.17) is 25.5 Å². The highest BCUT2D eigenvalue weighted by molar-refractivity contribution is 6.31. The molecule has 196 valence electrons. The number of esters is 1. The van der Waals surface area contributed by atoms with Crippen molar-refractivity contribution in [3.05, 3.63) is 98.4 Å². The highest BCUT2D eigenvalue weighted by atomic mass is 35.5. The molecule has 4 aromatic rings. The average Bonchev–Trinajstić information content (AvgIpc) is 2.90. The van der Waals surface area contributed by atoms with E-state index in [1.54, 1.807) is 12.1 Å². The molecule has 0 N–H and O–H groups in total. The van der Waals surface area contributed by atoms with Gasteiger partial charge in [-0.3, -0.25) is 9.69 Å². The fourth-order valence-corrected chi connectivity index (χ4v) is 4.33. The van der Waals surface area contributed by atoms with Gasteiger partial charge in [-0.15, -0.1) is 0 Å². The molecule has 1 aliphatic rings. The molecule has 1 aliphatic heterocycles. The van der Waals surface area contributed by atoms with E-state index >= 15 is 0 Å². The summed E-state index contributed by atoms with van der Waals surface area (Å²) < 4.78 is 63.3. The number of rotatable bonds is 5. The van der Waals surface area contributed by atoms with Gasteiger partial charge in [0, 0.05) is 18.1 Å². The van der Waals surface area contributed by atoms with Crippen LogP contribution < -0.4 is 14.9 Å². The molecule has 0 unspecified atom stereocenters. The Morgan fingerprint density at radius 3 is 2.50 bits per heavy atom. The van der Waals surface area contributed by atoms with Gasteiger partial charge in [-0.1, -0.05) is 29.8 Å². The van der Waals surface area contributed by atoms with E-state index in [9.17, 15) is 22.8 Å². The third-order valence-corrected chi connectivity index (χ3v) is 6.34. The normalized spacial score (nSPS) is 13.6. The van der Waals surface area contributed by atoms with E-state index < -0.39 is 29.1 Å². The van der Waals surface area contributed by atoms with Crippen molar-refractivity contribution in [2.45, 2.75) is 19.3 Å². The molecular formula is C27H19ClF3NO6. The number of benzene rings is 3. The van der Waals surface area contributed by atoms with Crippen LogP contribution in [-0.2, 0) is 24.0 Å². The lowest BCUT2D eigenvalue weighted by Gasteiger charge is -2.29. The van der Waals surface area contributed by atoms with Crippen LogP contribution in [0.5, 0.6) is 17.2 Å². The Balaban J connectivity index is 1.55. The molecule has 0 saturated heterocycles. The molecule has 5 rings (SSSR count). The fraction of sp³-hybridized carbons (Fsp3) is 0.185. The molecule has 38 heavy (non-hydrogen) atoms. The second kappa shape index (κ2) is 10.0. The van der Waals surface area contributed by atoms with Crippen molar-refractivity contribution in [1.29, 1.82) is 0 Å². The summed E-state index contributed by atoms with van der Waals surface area (Å²) in [5.41, 5.74) is 0.0401. The Morgan fingerprint density at radius 1 is 1.08 bits per heavy atom. The molecule has 7 nitrogen and oxygen atoms in total. The van der Waals surface area contributed by atoms with Crippen LogP contribution in [0.2, 0.25) is 5.02 Å². The zero-order valence-corrected chi connectivity index (χ0v) is 20.6. The average molecular weight is 546 g/mol. The SMILES string of the molecule is COC(=O)c1ccc(Oc2c(C(F)(F)F)oc3c4c(ccc3c2=O)OCN(Cc2ccccc2Cl)C4)cc1. The molecule has 1 aromatic heterocycles. The first-order valence-electron chi connectivity index (χ1n) is 11.3. The number of halogens is 4. The van der Waals surface area contributed by atoms with E-state index in [1.807, 2.05) is 17.0 Å². The van der Waals surface area contributed by atoms with Gasteiger partial charge in [-0.05, 0) is 48.0 Å². The maximum Gasteiger partial charge on any atom is 0.453 e. The zero-order chi connectivity index (χ0) is 27.0. The lowest BCUT2D eigenvalue weighted by Crippen LogP contribution is -2.32. The summed E-state index contributed by atoms with van der Waals surface area (Å²) in [6, 6.07) is 15.2. The number of nitrogens with zero attached hydrogens (tertiary/aromatic N) is 1. The summed E-state index contributed by atoms with van der Waals surface area (Å²) in [7, 11) is 1.20. The van der Waals surface area contributed by atoms with E-state index in [-0.39, 0.29) is 35.6 Å². The van der Waals surface area contributed by atoms with Crippen LogP contribution in [-0.4, -0.2) is 24.7 Å². The van der Waals surface area contributed by atoms with Crippen LogP contribution in [0.25, 0.3) is 11.0 Å². The number of fused-ring (bicyclic) bond motifs is 3. The number of alkyl halides is 3. The van der Waals surface area contributed by atoms with Crippen LogP contribution in [0.15, 0.2) is 69.9 Å². The first kappa shape index (κ1) is 25.6. The van der Waals surface area contributed by atoms with Gasteiger partial charge in [0.25, 0.3) is 5.76 Å². The predicted octanol–water partition coefficient (Wildman–Crippen LogP) is 6.40. The first-order valence-corrected chi connectivity index (χ1v) is 11.7. The Kier molecular flexibility index (Phi) is 6.77. The molecule has 0 saturated carbocycles. The maximum absolute atomic E-state index is 14.1. The summed E-state index contributed by atoms with van der Waals surface area (Å²) in [4.78, 5) is 26.7. The minimum absolute atomic E-state index is 0.0954. The number of carbonyl (C=O) groups is 1. The minimum Gasteiger partial charge on any atom is -0.478 e. The van der Waals surface area contributed by atoms with Gasteiger partial charge < -0.3 is 18.6 Å². The van der Waals surface area contributed by atoms with Crippen molar-refractivity contribution in [2.75, 3.05) is 13.8 Å². The van der Waals surface area contributed by atoms with Crippen LogP contribution in [0.4, 0.5) is 13.2 Å². The summed E-state index contributed by atoms with van der Waals surface area (Å²) in [5.74, 6) is -3.00. The molecule has 0 bridgehead atoms. The van der Waals surface area contributed by atoms with Crippen LogP contribution in [0.3, 0.4) is 0 Å². The number of methoxy groups -OCH3 is 1. The molecule has 2 heterocycles. The molecule has 11 heteroatoms. The van der Waals surface area contributed by atoms with Crippen molar-refractivity contribution >= 4 is 28.5 Å². The Labute approximate surface area is 218 Å². The lowest BCUT2D eigenvalue weighted by atomic mass is 10.1. The predicted molar refractivity (Wildman–Crippen MR) is 132 cm³/mol. The maximum atomic E-state index is 14.1. The Hall–Kier alpha value is -4.02. The van der Waals surface area contributed by atoms with Gasteiger partial charge in [0.2, 0.25) is 11.2 Å². The zero-order valence-electron chi connectivity index (χ0n) is 19.8. The van der Waals surface area contributed by atoms with E-state index in [0.717, 1.165) is 5.56 Å². The van der Waals surface area contributed by atoms with Gasteiger partial charge in [0.05, 0.1) is 23.6 Å². The summed E-state index contributed by atoms with van der Waals surface area (Å²) in [6.45, 7) is 0.699. The molecule has 0 radical (unpaired) electrons. The summed E-state index contributed by atoms with van der Waals surface area (Å²) >= 11 is 6.26. The van der Waals surface area contributed by atoms with E-state index in [2.05, 4.69) is 4.74 Å². The van der Waals surface area contributed by atoms with Crippen molar-refractivity contribution in [3.8, 4) is 17.2 Å². The van der Waals surface area contributed by atoms with Crippen LogP contribution >= 0.6 is 11.6 Å². The van der Waals surface area contributed by atoms with Crippen molar-refractivity contribution in [1.82, 2.24) is 4.90 Å². The molecule has 0 atom stereocenters. The quantitative estimate of drug-likeness (QED) is 0.269. The first-order chi connectivity index (χ1) is 18.2. The van der Waals surface area contributed by atoms with Gasteiger partial charge in [0.1, 0.15) is 23.8 Å². The molecule has 0 amide bonds. The topological polar surface area (TPSA) is 78.2 Å². The van der Waals surface area contributed by atoms with E-state index in [1.165, 1.54) is 43.5 Å². The molecule has 3 aromatic carbocycles. The largest absolute Gasteiger partial charge is 0.478 e. The van der Waals surface area contributed by atoms with Crippen molar-refractivity contribution in [3.63, 3.8) is 0 Å². The minimum atomic E-state index is -5.04. The second-order valence-corrected chi connectivity index (χ2v) is 8.88. The van der Waals surface area contributed by atoms with Gasteiger partial charge in [-0.25, -0.2) is 4.79 Å². The third kappa shape index (κ3) is 4.92. The number of hydrogen-bond donors (Lipinski definition) is 0. The third-order valence-electron chi connectivity index (χ3n) is 5.97.